The van der Waals surface area contributed by atoms with Crippen molar-refractivity contribution < 1.29 is 14.3 Å². The van der Waals surface area contributed by atoms with Gasteiger partial charge in [-0.25, -0.2) is 0 Å². The Hall–Kier alpha value is -1.84. The van der Waals surface area contributed by atoms with Crippen molar-refractivity contribution in [3.63, 3.8) is 0 Å². The van der Waals surface area contributed by atoms with E-state index in [-0.39, 0.29) is 12.5 Å². The van der Waals surface area contributed by atoms with Crippen molar-refractivity contribution in [1.82, 2.24) is 0 Å². The molecule has 0 heterocycles. The van der Waals surface area contributed by atoms with Gasteiger partial charge >= 0.3 is 5.97 Å². The minimum atomic E-state index is -1.40. The molecule has 2 N–H and O–H groups in total. The zero-order chi connectivity index (χ0) is 13.8. The normalized spacial score (nSPS) is 14.0. The molecule has 0 saturated carbocycles. The standard InChI is InChI=1S/C14H19NO3/c1-4-14(12(15)16,13(17)18-10(2)3)11-8-6-5-7-9-11/h5-10H,4H2,1-3H3,(H2,15,16)/t14-/m0/s1. The highest BCUT2D eigenvalue weighted by atomic mass is 16.5. The predicted octanol–water partition coefficient (Wildman–Crippen LogP) is 1.77. The number of carbonyl (C=O) groups is 2. The van der Waals surface area contributed by atoms with E-state index < -0.39 is 17.3 Å². The van der Waals surface area contributed by atoms with Crippen LogP contribution in [-0.4, -0.2) is 18.0 Å². The van der Waals surface area contributed by atoms with E-state index in [4.69, 9.17) is 10.5 Å². The van der Waals surface area contributed by atoms with Gasteiger partial charge < -0.3 is 10.5 Å². The Morgan fingerprint density at radius 1 is 1.28 bits per heavy atom. The molecule has 0 fully saturated rings. The van der Waals surface area contributed by atoms with E-state index >= 15 is 0 Å². The zero-order valence-electron chi connectivity index (χ0n) is 11.0. The van der Waals surface area contributed by atoms with Crippen molar-refractivity contribution in [2.45, 2.75) is 38.7 Å². The number of esters is 1. The molecule has 0 bridgehead atoms. The summed E-state index contributed by atoms with van der Waals surface area (Å²) in [6.07, 6.45) is -0.00997. The van der Waals surface area contributed by atoms with E-state index in [0.29, 0.717) is 5.56 Å². The lowest BCUT2D eigenvalue weighted by molar-refractivity contribution is -0.158. The van der Waals surface area contributed by atoms with Gasteiger partial charge in [0.2, 0.25) is 5.91 Å². The van der Waals surface area contributed by atoms with Crippen LogP contribution in [0.25, 0.3) is 0 Å². The van der Waals surface area contributed by atoms with Crippen LogP contribution < -0.4 is 5.73 Å². The van der Waals surface area contributed by atoms with Gasteiger partial charge in [0, 0.05) is 0 Å². The smallest absolute Gasteiger partial charge is 0.326 e. The number of ether oxygens (including phenoxy) is 1. The quantitative estimate of drug-likeness (QED) is 0.638. The van der Waals surface area contributed by atoms with Gasteiger partial charge in [0.1, 0.15) is 0 Å². The average molecular weight is 249 g/mol. The SMILES string of the molecule is CC[C@](C(N)=O)(C(=O)OC(C)C)c1ccccc1. The molecule has 1 amide bonds. The van der Waals surface area contributed by atoms with Crippen molar-refractivity contribution in [2.24, 2.45) is 5.73 Å². The number of rotatable bonds is 5. The minimum absolute atomic E-state index is 0.276. The van der Waals surface area contributed by atoms with E-state index in [1.807, 2.05) is 6.07 Å². The summed E-state index contributed by atoms with van der Waals surface area (Å²) in [6, 6.07) is 8.79. The summed E-state index contributed by atoms with van der Waals surface area (Å²) < 4.78 is 5.18. The maximum absolute atomic E-state index is 12.2. The molecule has 0 unspecified atom stereocenters. The number of amides is 1. The Kier molecular flexibility index (Phi) is 4.48. The molecule has 4 nitrogen and oxygen atoms in total. The molecule has 1 aromatic rings. The molecule has 1 rings (SSSR count). The monoisotopic (exact) mass is 249 g/mol. The van der Waals surface area contributed by atoms with Crippen LogP contribution >= 0.6 is 0 Å². The largest absolute Gasteiger partial charge is 0.462 e. The topological polar surface area (TPSA) is 69.4 Å². The average Bonchev–Trinajstić information content (AvgIpc) is 2.30. The molecule has 1 aromatic carbocycles. The number of primary amides is 1. The van der Waals surface area contributed by atoms with Gasteiger partial charge in [-0.1, -0.05) is 37.3 Å². The van der Waals surface area contributed by atoms with Crippen molar-refractivity contribution in [2.75, 3.05) is 0 Å². The van der Waals surface area contributed by atoms with Crippen LogP contribution in [0.3, 0.4) is 0 Å². The highest BCUT2D eigenvalue weighted by Crippen LogP contribution is 2.29. The first-order valence-electron chi connectivity index (χ1n) is 6.01. The number of hydrogen-bond acceptors (Lipinski definition) is 3. The number of benzene rings is 1. The summed E-state index contributed by atoms with van der Waals surface area (Å²) in [5, 5.41) is 0. The zero-order valence-corrected chi connectivity index (χ0v) is 11.0. The number of nitrogens with two attached hydrogens (primary N) is 1. The second-order valence-electron chi connectivity index (χ2n) is 4.44. The van der Waals surface area contributed by atoms with E-state index in [9.17, 15) is 9.59 Å². The Balaban J connectivity index is 3.27. The summed E-state index contributed by atoms with van der Waals surface area (Å²) in [7, 11) is 0. The summed E-state index contributed by atoms with van der Waals surface area (Å²) in [5.74, 6) is -1.26. The van der Waals surface area contributed by atoms with Gasteiger partial charge in [0.15, 0.2) is 5.41 Å². The molecule has 0 aromatic heterocycles. The van der Waals surface area contributed by atoms with Gasteiger partial charge in [0.25, 0.3) is 0 Å². The van der Waals surface area contributed by atoms with Crippen molar-refractivity contribution in [1.29, 1.82) is 0 Å². The second-order valence-corrected chi connectivity index (χ2v) is 4.44. The maximum atomic E-state index is 12.2. The molecule has 0 aliphatic rings. The van der Waals surface area contributed by atoms with Gasteiger partial charge in [-0.2, -0.15) is 0 Å². The van der Waals surface area contributed by atoms with E-state index in [1.165, 1.54) is 0 Å². The molecule has 18 heavy (non-hydrogen) atoms. The fraction of sp³-hybridized carbons (Fsp3) is 0.429. The lowest BCUT2D eigenvalue weighted by atomic mass is 9.77. The third kappa shape index (κ3) is 2.53. The van der Waals surface area contributed by atoms with Gasteiger partial charge in [-0.05, 0) is 25.8 Å². The first-order chi connectivity index (χ1) is 8.45. The van der Waals surface area contributed by atoms with E-state index in [1.54, 1.807) is 45.0 Å². The molecule has 0 radical (unpaired) electrons. The van der Waals surface area contributed by atoms with Gasteiger partial charge in [-0.15, -0.1) is 0 Å². The van der Waals surface area contributed by atoms with Crippen molar-refractivity contribution in [3.05, 3.63) is 35.9 Å². The molecule has 0 spiro atoms. The molecular formula is C14H19NO3. The summed E-state index contributed by atoms with van der Waals surface area (Å²) in [5.41, 5.74) is 4.63. The summed E-state index contributed by atoms with van der Waals surface area (Å²) >= 11 is 0. The predicted molar refractivity (Wildman–Crippen MR) is 68.8 cm³/mol. The Morgan fingerprint density at radius 3 is 2.22 bits per heavy atom. The third-order valence-electron chi connectivity index (χ3n) is 2.91. The van der Waals surface area contributed by atoms with E-state index in [0.717, 1.165) is 0 Å². The third-order valence-corrected chi connectivity index (χ3v) is 2.91. The first-order valence-corrected chi connectivity index (χ1v) is 6.01. The summed E-state index contributed by atoms with van der Waals surface area (Å²) in [6.45, 7) is 5.23. The molecule has 0 aliphatic heterocycles. The molecular weight excluding hydrogens is 230 g/mol. The number of hydrogen-bond donors (Lipinski definition) is 1. The fourth-order valence-corrected chi connectivity index (χ4v) is 1.92. The highest BCUT2D eigenvalue weighted by Gasteiger charge is 2.46. The Morgan fingerprint density at radius 2 is 1.83 bits per heavy atom. The van der Waals surface area contributed by atoms with Crippen LogP contribution in [-0.2, 0) is 19.7 Å². The molecule has 0 aliphatic carbocycles. The molecule has 4 heteroatoms. The fourth-order valence-electron chi connectivity index (χ4n) is 1.92. The van der Waals surface area contributed by atoms with E-state index in [2.05, 4.69) is 0 Å². The van der Waals surface area contributed by atoms with Gasteiger partial charge in [0.05, 0.1) is 6.10 Å². The minimum Gasteiger partial charge on any atom is -0.462 e. The van der Waals surface area contributed by atoms with Crippen LogP contribution in [0, 0.1) is 0 Å². The molecule has 0 saturated heterocycles. The van der Waals surface area contributed by atoms with Crippen molar-refractivity contribution >= 4 is 11.9 Å². The molecule has 98 valence electrons. The highest BCUT2D eigenvalue weighted by molar-refractivity contribution is 6.08. The van der Waals surface area contributed by atoms with Crippen LogP contribution in [0.1, 0.15) is 32.8 Å². The second kappa shape index (κ2) is 5.67. The Bertz CT molecular complexity index is 428. The van der Waals surface area contributed by atoms with Gasteiger partial charge in [-0.3, -0.25) is 9.59 Å². The van der Waals surface area contributed by atoms with Crippen LogP contribution in [0.15, 0.2) is 30.3 Å². The maximum Gasteiger partial charge on any atom is 0.326 e. The number of carbonyl (C=O) groups excluding carboxylic acids is 2. The van der Waals surface area contributed by atoms with Crippen LogP contribution in [0.5, 0.6) is 0 Å². The lowest BCUT2D eigenvalue weighted by Crippen LogP contribution is -2.49. The first kappa shape index (κ1) is 14.2. The van der Waals surface area contributed by atoms with Crippen molar-refractivity contribution in [3.8, 4) is 0 Å². The Labute approximate surface area is 107 Å². The summed E-state index contributed by atoms with van der Waals surface area (Å²) in [4.78, 5) is 24.0. The molecule has 1 atom stereocenters. The van der Waals surface area contributed by atoms with Crippen LogP contribution in [0.4, 0.5) is 0 Å². The van der Waals surface area contributed by atoms with Crippen LogP contribution in [0.2, 0.25) is 0 Å². The lowest BCUT2D eigenvalue weighted by Gasteiger charge is -2.28.